The lowest BCUT2D eigenvalue weighted by Crippen LogP contribution is -2.24. The van der Waals surface area contributed by atoms with Crippen LogP contribution >= 0.6 is 11.6 Å². The van der Waals surface area contributed by atoms with E-state index in [9.17, 15) is 18.0 Å². The highest BCUT2D eigenvalue weighted by molar-refractivity contribution is 7.91. The molecule has 9 nitrogen and oxygen atoms in total. The molecule has 0 fully saturated rings. The number of tetrazole rings is 1. The second-order valence-corrected chi connectivity index (χ2v) is 6.51. The van der Waals surface area contributed by atoms with E-state index in [2.05, 4.69) is 10.4 Å². The molecule has 0 spiro atoms. The minimum atomic E-state index is -3.99. The van der Waals surface area contributed by atoms with Crippen LogP contribution in [0.3, 0.4) is 0 Å². The third-order valence-electron chi connectivity index (χ3n) is 2.62. The van der Waals surface area contributed by atoms with Gasteiger partial charge < -0.3 is 5.11 Å². The average Bonchev–Trinajstić information content (AvgIpc) is 2.68. The van der Waals surface area contributed by atoms with Gasteiger partial charge in [0.05, 0.1) is 10.6 Å². The summed E-state index contributed by atoms with van der Waals surface area (Å²) in [7, 11) is -2.68. The van der Waals surface area contributed by atoms with Gasteiger partial charge in [-0.15, -0.1) is 0 Å². The SMILES string of the molecule is Cn1nnn(-c2c(Cl)ccc(C(=O)O)c2S(C)(=O)=O)c1=O. The molecule has 0 bridgehead atoms. The predicted molar refractivity (Wildman–Crippen MR) is 71.7 cm³/mol. The molecule has 0 amide bonds. The van der Waals surface area contributed by atoms with E-state index in [4.69, 9.17) is 16.7 Å². The number of sulfone groups is 1. The first-order chi connectivity index (χ1) is 9.64. The Morgan fingerprint density at radius 1 is 1.33 bits per heavy atom. The molecule has 21 heavy (non-hydrogen) atoms. The van der Waals surface area contributed by atoms with Crippen LogP contribution in [0.1, 0.15) is 10.4 Å². The summed E-state index contributed by atoms with van der Waals surface area (Å²) in [4.78, 5) is 22.5. The number of rotatable bonds is 3. The summed E-state index contributed by atoms with van der Waals surface area (Å²) in [6.07, 6.45) is 0.815. The van der Waals surface area contributed by atoms with E-state index in [1.807, 2.05) is 0 Å². The van der Waals surface area contributed by atoms with Crippen LogP contribution in [-0.2, 0) is 16.9 Å². The largest absolute Gasteiger partial charge is 0.478 e. The van der Waals surface area contributed by atoms with Crippen molar-refractivity contribution in [3.05, 3.63) is 33.2 Å². The molecule has 0 unspecified atom stereocenters. The summed E-state index contributed by atoms with van der Waals surface area (Å²) in [5, 5.41) is 15.9. The number of aryl methyl sites for hydroxylation is 1. The van der Waals surface area contributed by atoms with Crippen LogP contribution in [0, 0.1) is 0 Å². The highest BCUT2D eigenvalue weighted by Crippen LogP contribution is 2.30. The first kappa shape index (κ1) is 15.2. The van der Waals surface area contributed by atoms with Gasteiger partial charge in [-0.1, -0.05) is 11.6 Å². The zero-order valence-electron chi connectivity index (χ0n) is 10.8. The Morgan fingerprint density at radius 2 is 1.95 bits per heavy atom. The molecule has 2 aromatic rings. The molecule has 0 atom stereocenters. The summed E-state index contributed by atoms with van der Waals surface area (Å²) in [6, 6.07) is 2.22. The Balaban J connectivity index is 3.01. The Morgan fingerprint density at radius 3 is 2.38 bits per heavy atom. The van der Waals surface area contributed by atoms with Crippen molar-refractivity contribution in [2.24, 2.45) is 7.05 Å². The van der Waals surface area contributed by atoms with E-state index < -0.39 is 32.0 Å². The van der Waals surface area contributed by atoms with Crippen molar-refractivity contribution in [2.75, 3.05) is 6.26 Å². The Bertz CT molecular complexity index is 899. The number of halogens is 1. The minimum Gasteiger partial charge on any atom is -0.478 e. The van der Waals surface area contributed by atoms with Crippen molar-refractivity contribution in [1.82, 2.24) is 19.8 Å². The van der Waals surface area contributed by atoms with Crippen molar-refractivity contribution in [2.45, 2.75) is 4.90 Å². The summed E-state index contributed by atoms with van der Waals surface area (Å²) in [6.45, 7) is 0. The fourth-order valence-corrected chi connectivity index (χ4v) is 3.14. The van der Waals surface area contributed by atoms with Crippen LogP contribution < -0.4 is 5.69 Å². The molecule has 1 N–H and O–H groups in total. The van der Waals surface area contributed by atoms with Gasteiger partial charge in [0.15, 0.2) is 9.84 Å². The monoisotopic (exact) mass is 332 g/mol. The smallest absolute Gasteiger partial charge is 0.368 e. The van der Waals surface area contributed by atoms with Gasteiger partial charge in [-0.05, 0) is 22.6 Å². The molecule has 1 heterocycles. The van der Waals surface area contributed by atoms with Crippen molar-refractivity contribution in [3.63, 3.8) is 0 Å². The minimum absolute atomic E-state index is 0.136. The number of hydrogen-bond donors (Lipinski definition) is 1. The number of carboxylic acid groups (broad SMARTS) is 1. The number of aromatic nitrogens is 4. The molecule has 1 aromatic carbocycles. The van der Waals surface area contributed by atoms with E-state index in [-0.39, 0.29) is 10.7 Å². The van der Waals surface area contributed by atoms with Crippen LogP contribution in [0.2, 0.25) is 5.02 Å². The van der Waals surface area contributed by atoms with Gasteiger partial charge in [0.1, 0.15) is 10.6 Å². The summed E-state index contributed by atoms with van der Waals surface area (Å²) in [5.41, 5.74) is -1.60. The Labute approximate surface area is 123 Å². The second kappa shape index (κ2) is 4.97. The molecule has 0 aliphatic heterocycles. The Hall–Kier alpha value is -2.20. The van der Waals surface area contributed by atoms with Crippen molar-refractivity contribution in [1.29, 1.82) is 0 Å². The van der Waals surface area contributed by atoms with E-state index in [0.29, 0.717) is 4.68 Å². The number of benzene rings is 1. The predicted octanol–water partition coefficient (Wildman–Crippen LogP) is -0.279. The van der Waals surface area contributed by atoms with Gasteiger partial charge in [-0.25, -0.2) is 18.0 Å². The molecule has 0 aliphatic rings. The van der Waals surface area contributed by atoms with Gasteiger partial charge in [0.25, 0.3) is 0 Å². The number of nitrogens with zero attached hydrogens (tertiary/aromatic N) is 4. The molecule has 0 saturated heterocycles. The van der Waals surface area contributed by atoms with E-state index >= 15 is 0 Å². The molecule has 0 aliphatic carbocycles. The molecule has 112 valence electrons. The second-order valence-electron chi connectivity index (χ2n) is 4.15. The van der Waals surface area contributed by atoms with Crippen molar-refractivity contribution < 1.29 is 18.3 Å². The van der Waals surface area contributed by atoms with Gasteiger partial charge in [-0.2, -0.15) is 9.36 Å². The Kier molecular flexibility index (Phi) is 3.59. The molecule has 2 rings (SSSR count). The average molecular weight is 333 g/mol. The molecule has 0 radical (unpaired) electrons. The number of carboxylic acids is 1. The zero-order chi connectivity index (χ0) is 15.9. The number of carbonyl (C=O) groups is 1. The van der Waals surface area contributed by atoms with E-state index in [1.54, 1.807) is 0 Å². The lowest BCUT2D eigenvalue weighted by molar-refractivity contribution is 0.0692. The highest BCUT2D eigenvalue weighted by Gasteiger charge is 2.27. The van der Waals surface area contributed by atoms with E-state index in [1.165, 1.54) is 13.1 Å². The van der Waals surface area contributed by atoms with Gasteiger partial charge >= 0.3 is 11.7 Å². The first-order valence-corrected chi connectivity index (χ1v) is 7.66. The van der Waals surface area contributed by atoms with Gasteiger partial charge in [-0.3, -0.25) is 0 Å². The highest BCUT2D eigenvalue weighted by atomic mass is 35.5. The van der Waals surface area contributed by atoms with E-state index in [0.717, 1.165) is 17.0 Å². The molecular formula is C10H9ClN4O5S. The van der Waals surface area contributed by atoms with Crippen LogP contribution in [0.4, 0.5) is 0 Å². The number of hydrogen-bond acceptors (Lipinski definition) is 6. The molecule has 11 heteroatoms. The first-order valence-electron chi connectivity index (χ1n) is 5.40. The lowest BCUT2D eigenvalue weighted by Gasteiger charge is -2.11. The number of aromatic carboxylic acids is 1. The normalized spacial score (nSPS) is 11.6. The quantitative estimate of drug-likeness (QED) is 0.819. The van der Waals surface area contributed by atoms with Crippen molar-refractivity contribution in [3.8, 4) is 5.69 Å². The molecule has 0 saturated carbocycles. The third kappa shape index (κ3) is 2.54. The maximum absolute atomic E-state index is 11.9. The fraction of sp³-hybridized carbons (Fsp3) is 0.200. The van der Waals surface area contributed by atoms with Crippen LogP contribution in [0.15, 0.2) is 21.8 Å². The van der Waals surface area contributed by atoms with Crippen molar-refractivity contribution >= 4 is 27.4 Å². The van der Waals surface area contributed by atoms with Crippen LogP contribution in [-0.4, -0.2) is 45.5 Å². The molecular weight excluding hydrogens is 324 g/mol. The van der Waals surface area contributed by atoms with Crippen LogP contribution in [0.5, 0.6) is 0 Å². The zero-order valence-corrected chi connectivity index (χ0v) is 12.4. The standard InChI is InChI=1S/C10H9ClN4O5S/c1-14-10(18)15(13-12-14)7-6(11)4-3-5(9(16)17)8(7)21(2,19)20/h3-4H,1-2H3,(H,16,17). The maximum atomic E-state index is 11.9. The lowest BCUT2D eigenvalue weighted by atomic mass is 10.2. The topological polar surface area (TPSA) is 124 Å². The summed E-state index contributed by atoms with van der Waals surface area (Å²) < 4.78 is 25.4. The maximum Gasteiger partial charge on any atom is 0.368 e. The van der Waals surface area contributed by atoms with Gasteiger partial charge in [0, 0.05) is 13.3 Å². The van der Waals surface area contributed by atoms with Crippen LogP contribution in [0.25, 0.3) is 5.69 Å². The molecule has 1 aromatic heterocycles. The third-order valence-corrected chi connectivity index (χ3v) is 4.08. The fourth-order valence-electron chi connectivity index (χ4n) is 1.74. The summed E-state index contributed by atoms with van der Waals surface area (Å²) in [5.74, 6) is -1.47. The summed E-state index contributed by atoms with van der Waals surface area (Å²) >= 11 is 5.93. The van der Waals surface area contributed by atoms with Gasteiger partial charge in [0.2, 0.25) is 0 Å².